The Morgan fingerprint density at radius 2 is 0.533 bits per heavy atom. The third-order valence-electron chi connectivity index (χ3n) is 20.0. The third-order valence-corrected chi connectivity index (χ3v) is 20.0. The maximum atomic E-state index is 15.9. The van der Waals surface area contributed by atoms with Crippen LogP contribution >= 0.6 is 0 Å². The van der Waals surface area contributed by atoms with Gasteiger partial charge in [0, 0.05) is 67.3 Å². The number of hydrogen-bond donors (Lipinski definition) is 0. The molecule has 6 aliphatic rings. The molecule has 90 heavy (non-hydrogen) atoms. The molecule has 9 aromatic rings. The average molecular weight is 1200 g/mol. The fourth-order valence-corrected chi connectivity index (χ4v) is 16.0. The summed E-state index contributed by atoms with van der Waals surface area (Å²) < 4.78 is 28.4. The van der Waals surface area contributed by atoms with Crippen LogP contribution in [0.25, 0.3) is 43.1 Å². The van der Waals surface area contributed by atoms with Gasteiger partial charge in [-0.05, 0) is 124 Å². The Kier molecular flexibility index (Phi) is 15.4. The van der Waals surface area contributed by atoms with Gasteiger partial charge in [0.2, 0.25) is 11.8 Å². The van der Waals surface area contributed by atoms with Crippen LogP contribution < -0.4 is 18.9 Å². The molecule has 15 rings (SSSR count). The largest absolute Gasteiger partial charge is 0.457 e. The van der Waals surface area contributed by atoms with Crippen LogP contribution in [0.2, 0.25) is 0 Å². The van der Waals surface area contributed by atoms with Crippen LogP contribution in [-0.4, -0.2) is 92.3 Å². The number of fused-ring (bicyclic) bond motifs is 2. The van der Waals surface area contributed by atoms with Crippen LogP contribution in [0.1, 0.15) is 170 Å². The Morgan fingerprint density at radius 3 is 0.756 bits per heavy atom. The van der Waals surface area contributed by atoms with Crippen LogP contribution in [0.5, 0.6) is 46.0 Å². The maximum Gasteiger partial charge on any atom is 0.262 e. The molecule has 0 bridgehead atoms. The van der Waals surface area contributed by atoms with Crippen molar-refractivity contribution in [3.05, 3.63) is 168 Å². The Hall–Kier alpha value is -9.30. The van der Waals surface area contributed by atoms with Crippen molar-refractivity contribution in [2.45, 2.75) is 153 Å². The molecule has 2 heterocycles. The van der Waals surface area contributed by atoms with E-state index in [0.717, 1.165) is 138 Å². The SMILES string of the molecule is O=C1c2cc(Oc3ccccc3)c3c4c(Oc5ccccc5)cc5c6c(cc(Oc7ccccc7)c(c7c(Oc8ccccc8)cc(c2c37)C(=O)N1CC(=O)N(C1CCCCC1)C1CCCCC1)c64)C(=O)N(CC(=O)N(C1CCCCC1)C1CCCCC1)C5=O. The Labute approximate surface area is 522 Å². The summed E-state index contributed by atoms with van der Waals surface area (Å²) in [5.41, 5.74) is 0.510. The lowest BCUT2D eigenvalue weighted by Gasteiger charge is -2.42. The number of carbonyl (C=O) groups excluding carboxylic acids is 6. The van der Waals surface area contributed by atoms with Gasteiger partial charge in [-0.25, -0.2) is 0 Å². The molecule has 0 radical (unpaired) electrons. The molecular weight excluding hydrogens is 1130 g/mol. The first-order valence-electron chi connectivity index (χ1n) is 32.8. The minimum Gasteiger partial charge on any atom is -0.457 e. The molecule has 456 valence electrons. The number of ether oxygens (including phenoxy) is 4. The van der Waals surface area contributed by atoms with Crippen molar-refractivity contribution < 1.29 is 47.7 Å². The number of para-hydroxylation sites is 4. The number of imide groups is 2. The number of amides is 6. The molecule has 0 aromatic heterocycles. The Balaban J connectivity index is 1.01. The van der Waals surface area contributed by atoms with Crippen molar-refractivity contribution in [2.75, 3.05) is 13.1 Å². The molecule has 9 aromatic carbocycles. The van der Waals surface area contributed by atoms with Crippen LogP contribution in [0.15, 0.2) is 146 Å². The van der Waals surface area contributed by atoms with E-state index in [9.17, 15) is 0 Å². The first kappa shape index (κ1) is 57.2. The normalized spacial score (nSPS) is 17.8. The third kappa shape index (κ3) is 10.3. The van der Waals surface area contributed by atoms with E-state index in [-0.39, 0.29) is 81.2 Å². The quantitative estimate of drug-likeness (QED) is 0.0519. The first-order chi connectivity index (χ1) is 44.2. The summed E-state index contributed by atoms with van der Waals surface area (Å²) in [6.45, 7) is -0.916. The van der Waals surface area contributed by atoms with Crippen LogP contribution in [-0.2, 0) is 9.59 Å². The number of rotatable bonds is 16. The monoisotopic (exact) mass is 1200 g/mol. The second-order valence-electron chi connectivity index (χ2n) is 25.5. The zero-order valence-corrected chi connectivity index (χ0v) is 50.6. The second kappa shape index (κ2) is 24.2. The van der Waals surface area contributed by atoms with Crippen LogP contribution in [0, 0.1) is 0 Å². The van der Waals surface area contributed by atoms with Crippen molar-refractivity contribution >= 4 is 78.5 Å². The zero-order valence-electron chi connectivity index (χ0n) is 50.6. The smallest absolute Gasteiger partial charge is 0.262 e. The van der Waals surface area contributed by atoms with Crippen molar-refractivity contribution in [3.8, 4) is 46.0 Å². The zero-order chi connectivity index (χ0) is 61.0. The average Bonchev–Trinajstić information content (AvgIpc) is 0.677. The standard InChI is InChI=1S/C76H72N4O10/c81-63(79(47-25-9-1-10-26-47)48-27-11-2-12-28-48)45-77-73(83)55-41-59(87-51-33-17-5-18-34-51)67-69-61(89-53-37-21-7-22-38-53)43-57-66-58(76(86)78(75(57)85)46-64(82)80(49-29-13-3-14-30-49)50-31-15-4-16-32-50)44-62(90-54-39-23-8-24-40-54)70(72(66)69)68-60(88-52-35-19-6-20-36-52)42-56(74(77)84)65(55)71(67)68/h5-8,17-24,33-44,47-50H,1-4,9-16,25-32,45-46H2. The minimum atomic E-state index is -0.658. The molecule has 4 aliphatic carbocycles. The molecule has 0 atom stereocenters. The van der Waals surface area contributed by atoms with Crippen molar-refractivity contribution in [1.29, 1.82) is 0 Å². The van der Waals surface area contributed by atoms with Crippen molar-refractivity contribution in [3.63, 3.8) is 0 Å². The van der Waals surface area contributed by atoms with Gasteiger partial charge >= 0.3 is 0 Å². The molecule has 4 fully saturated rings. The van der Waals surface area contributed by atoms with E-state index in [2.05, 4.69) is 0 Å². The summed E-state index contributed by atoms with van der Waals surface area (Å²) in [4.78, 5) is 100. The topological polar surface area (TPSA) is 152 Å². The van der Waals surface area contributed by atoms with Gasteiger partial charge in [-0.3, -0.25) is 38.6 Å². The van der Waals surface area contributed by atoms with E-state index in [1.54, 1.807) is 72.8 Å². The Bertz CT molecular complexity index is 3740. The van der Waals surface area contributed by atoms with Crippen molar-refractivity contribution in [1.82, 2.24) is 19.6 Å². The molecule has 6 amide bonds. The lowest BCUT2D eigenvalue weighted by Crippen LogP contribution is -2.54. The maximum absolute atomic E-state index is 15.9. The van der Waals surface area contributed by atoms with Crippen LogP contribution in [0.4, 0.5) is 0 Å². The van der Waals surface area contributed by atoms with E-state index in [0.29, 0.717) is 66.1 Å². The lowest BCUT2D eigenvalue weighted by atomic mass is 9.80. The molecule has 2 aliphatic heterocycles. The van der Waals surface area contributed by atoms with E-state index in [1.807, 2.05) is 82.6 Å². The predicted molar refractivity (Wildman–Crippen MR) is 346 cm³/mol. The van der Waals surface area contributed by atoms with E-state index in [1.165, 1.54) is 0 Å². The predicted octanol–water partition coefficient (Wildman–Crippen LogP) is 17.1. The molecular formula is C76H72N4O10. The van der Waals surface area contributed by atoms with Gasteiger partial charge in [0.25, 0.3) is 23.6 Å². The van der Waals surface area contributed by atoms with Gasteiger partial charge in [-0.15, -0.1) is 0 Å². The minimum absolute atomic E-state index is 0.0162. The summed E-state index contributed by atoms with van der Waals surface area (Å²) in [5.74, 6) is -0.672. The van der Waals surface area contributed by atoms with Crippen LogP contribution in [0.3, 0.4) is 0 Å². The molecule has 0 N–H and O–H groups in total. The first-order valence-corrected chi connectivity index (χ1v) is 32.8. The molecule has 0 unspecified atom stereocenters. The van der Waals surface area contributed by atoms with Gasteiger partial charge in [-0.2, -0.15) is 0 Å². The van der Waals surface area contributed by atoms with Gasteiger partial charge < -0.3 is 28.7 Å². The highest BCUT2D eigenvalue weighted by Gasteiger charge is 2.45. The van der Waals surface area contributed by atoms with E-state index in [4.69, 9.17) is 18.9 Å². The molecule has 14 nitrogen and oxygen atoms in total. The highest BCUT2D eigenvalue weighted by molar-refractivity contribution is 6.45. The summed E-state index contributed by atoms with van der Waals surface area (Å²) in [6, 6.07) is 43.4. The molecule has 0 saturated heterocycles. The summed E-state index contributed by atoms with van der Waals surface area (Å²) in [7, 11) is 0. The summed E-state index contributed by atoms with van der Waals surface area (Å²) in [6.07, 6.45) is 19.5. The van der Waals surface area contributed by atoms with Gasteiger partial charge in [0.1, 0.15) is 59.1 Å². The molecule has 14 heteroatoms. The van der Waals surface area contributed by atoms with E-state index >= 15 is 28.8 Å². The summed E-state index contributed by atoms with van der Waals surface area (Å²) in [5, 5.41) is 2.92. The second-order valence-corrected chi connectivity index (χ2v) is 25.5. The Morgan fingerprint density at radius 1 is 0.311 bits per heavy atom. The van der Waals surface area contributed by atoms with Gasteiger partial charge in [-0.1, -0.05) is 150 Å². The number of carbonyl (C=O) groups is 6. The fourth-order valence-electron chi connectivity index (χ4n) is 16.0. The number of hydrogen-bond acceptors (Lipinski definition) is 10. The fraction of sp³-hybridized carbons (Fsp3) is 0.342. The van der Waals surface area contributed by atoms with Gasteiger partial charge in [0.05, 0.1) is 22.3 Å². The highest BCUT2D eigenvalue weighted by atomic mass is 16.5. The van der Waals surface area contributed by atoms with E-state index < -0.39 is 36.7 Å². The van der Waals surface area contributed by atoms with Gasteiger partial charge in [0.15, 0.2) is 0 Å². The molecule has 4 saturated carbocycles. The molecule has 0 spiro atoms. The number of nitrogens with zero attached hydrogens (tertiary/aromatic N) is 4. The summed E-state index contributed by atoms with van der Waals surface area (Å²) >= 11 is 0. The highest BCUT2D eigenvalue weighted by Crippen LogP contribution is 2.58. The lowest BCUT2D eigenvalue weighted by molar-refractivity contribution is -0.139. The number of benzene rings is 9. The van der Waals surface area contributed by atoms with Crippen molar-refractivity contribution in [2.24, 2.45) is 0 Å².